The Labute approximate surface area is 411 Å². The highest BCUT2D eigenvalue weighted by molar-refractivity contribution is 6.15. The highest BCUT2D eigenvalue weighted by Gasteiger charge is 2.48. The molecule has 1 N–H and O–H groups in total. The molecule has 7 unspecified atom stereocenters. The number of anilines is 2. The van der Waals surface area contributed by atoms with Gasteiger partial charge in [0.25, 0.3) is 0 Å². The van der Waals surface area contributed by atoms with Gasteiger partial charge in [0.1, 0.15) is 12.0 Å². The summed E-state index contributed by atoms with van der Waals surface area (Å²) in [5.74, 6) is 3.78. The molecule has 8 aliphatic rings. The number of para-hydroxylation sites is 1. The van der Waals surface area contributed by atoms with Gasteiger partial charge in [-0.3, -0.25) is 0 Å². The van der Waals surface area contributed by atoms with Gasteiger partial charge in [0.15, 0.2) is 5.84 Å². The Bertz CT molecular complexity index is 3360. The van der Waals surface area contributed by atoms with Crippen molar-refractivity contribution in [3.8, 4) is 11.1 Å². The van der Waals surface area contributed by atoms with Gasteiger partial charge in [-0.1, -0.05) is 170 Å². The van der Waals surface area contributed by atoms with E-state index in [0.717, 1.165) is 59.6 Å². The largest absolute Gasteiger partial charge is 0.344 e. The van der Waals surface area contributed by atoms with Crippen LogP contribution in [0.2, 0.25) is 0 Å². The molecule has 70 heavy (non-hydrogen) atoms. The van der Waals surface area contributed by atoms with Gasteiger partial charge in [-0.2, -0.15) is 0 Å². The van der Waals surface area contributed by atoms with E-state index in [4.69, 9.17) is 9.98 Å². The van der Waals surface area contributed by atoms with Crippen molar-refractivity contribution in [2.24, 2.45) is 27.7 Å². The molecule has 3 aliphatic heterocycles. The molecule has 5 aliphatic carbocycles. The molecule has 6 aromatic rings. The molecule has 0 amide bonds. The van der Waals surface area contributed by atoms with Crippen LogP contribution in [0.4, 0.5) is 11.4 Å². The lowest BCUT2D eigenvalue weighted by Crippen LogP contribution is -2.39. The number of nitrogens with one attached hydrogen (secondary N) is 1. The standard InChI is InChI=1S/C65H55N5/c1-3-17-42(18-4-1)50-24-11-13-27-53(50)64-66-63(67-65(68-64)54-28-14-12-25-51(54)43-19-5-2-6-20-43)45-31-34-48(35-32-45)69-59-38-36-49(41-57(59)56-39-46-22-7-8-23-47(46)40-61(56)69)70-58-30-16-15-29-55(58)62-52-26-10-9-21-44(52)33-37-60(62)70/h1-8,10-19,22-35,37,40-41,43-44,52,56,60,62,65H,9,20-21,36,38-39H2,(H,66,67,68). The molecule has 0 bridgehead atoms. The van der Waals surface area contributed by atoms with Crippen LogP contribution in [0, 0.1) is 17.8 Å². The Morgan fingerprint density at radius 3 is 2.27 bits per heavy atom. The average molecular weight is 906 g/mol. The van der Waals surface area contributed by atoms with Crippen molar-refractivity contribution in [3.05, 3.63) is 268 Å². The maximum absolute atomic E-state index is 5.47. The van der Waals surface area contributed by atoms with E-state index in [0.29, 0.717) is 23.8 Å². The molecule has 3 heterocycles. The van der Waals surface area contributed by atoms with E-state index in [-0.39, 0.29) is 18.0 Å². The number of allylic oxidation sites excluding steroid dienone is 11. The third kappa shape index (κ3) is 6.88. The van der Waals surface area contributed by atoms with Crippen LogP contribution in [0.25, 0.3) is 17.2 Å². The predicted octanol–water partition coefficient (Wildman–Crippen LogP) is 14.5. The number of aliphatic imine (C=N–C) groups is 2. The fraction of sp³-hybridized carbons (Fsp3) is 0.200. The smallest absolute Gasteiger partial charge is 0.159 e. The molecule has 0 fully saturated rings. The Kier molecular flexibility index (Phi) is 10.0. The molecule has 5 heteroatoms. The third-order valence-corrected chi connectivity index (χ3v) is 16.4. The van der Waals surface area contributed by atoms with Crippen molar-refractivity contribution in [3.63, 3.8) is 0 Å². The molecule has 340 valence electrons. The Hall–Kier alpha value is -7.76. The summed E-state index contributed by atoms with van der Waals surface area (Å²) in [5, 5.41) is 3.84. The lowest BCUT2D eigenvalue weighted by atomic mass is 9.68. The van der Waals surface area contributed by atoms with Gasteiger partial charge in [0.2, 0.25) is 0 Å². The molecule has 6 aromatic carbocycles. The van der Waals surface area contributed by atoms with Crippen LogP contribution in [0.5, 0.6) is 0 Å². The maximum Gasteiger partial charge on any atom is 0.159 e. The lowest BCUT2D eigenvalue weighted by molar-refractivity contribution is 0.335. The van der Waals surface area contributed by atoms with E-state index in [1.807, 2.05) is 0 Å². The zero-order valence-corrected chi connectivity index (χ0v) is 39.3. The van der Waals surface area contributed by atoms with Crippen LogP contribution in [0.3, 0.4) is 0 Å². The molecule has 0 radical (unpaired) electrons. The van der Waals surface area contributed by atoms with E-state index in [9.17, 15) is 0 Å². The van der Waals surface area contributed by atoms with Gasteiger partial charge in [-0.25, -0.2) is 9.98 Å². The van der Waals surface area contributed by atoms with Crippen LogP contribution in [-0.2, 0) is 6.42 Å². The number of benzene rings is 6. The molecule has 14 rings (SSSR count). The number of amidine groups is 2. The van der Waals surface area contributed by atoms with Crippen LogP contribution in [-0.4, -0.2) is 17.7 Å². The number of rotatable bonds is 7. The third-order valence-electron chi connectivity index (χ3n) is 16.4. The first-order valence-electron chi connectivity index (χ1n) is 25.6. The summed E-state index contributed by atoms with van der Waals surface area (Å²) in [6, 6.07) is 55.8. The van der Waals surface area contributed by atoms with Gasteiger partial charge < -0.3 is 15.1 Å². The highest BCUT2D eigenvalue weighted by Crippen LogP contribution is 2.56. The molecular weight excluding hydrogens is 851 g/mol. The van der Waals surface area contributed by atoms with Gasteiger partial charge in [-0.15, -0.1) is 0 Å². The van der Waals surface area contributed by atoms with Gasteiger partial charge in [0, 0.05) is 62.9 Å². The summed E-state index contributed by atoms with van der Waals surface area (Å²) in [4.78, 5) is 16.2. The predicted molar refractivity (Wildman–Crippen MR) is 288 cm³/mol. The monoisotopic (exact) mass is 905 g/mol. The van der Waals surface area contributed by atoms with E-state index in [1.165, 1.54) is 74.7 Å². The zero-order chi connectivity index (χ0) is 46.1. The second-order valence-corrected chi connectivity index (χ2v) is 20.2. The van der Waals surface area contributed by atoms with E-state index < -0.39 is 0 Å². The Balaban J connectivity index is 0.856. The van der Waals surface area contributed by atoms with Crippen molar-refractivity contribution in [2.75, 3.05) is 9.80 Å². The molecule has 0 spiro atoms. The van der Waals surface area contributed by atoms with Crippen LogP contribution in [0.15, 0.2) is 239 Å². The summed E-state index contributed by atoms with van der Waals surface area (Å²) >= 11 is 0. The zero-order valence-electron chi connectivity index (χ0n) is 39.3. The van der Waals surface area contributed by atoms with Crippen LogP contribution < -0.4 is 15.1 Å². The Morgan fingerprint density at radius 2 is 1.40 bits per heavy atom. The first kappa shape index (κ1) is 41.2. The summed E-state index contributed by atoms with van der Waals surface area (Å²) in [5.41, 5.74) is 19.4. The quantitative estimate of drug-likeness (QED) is 0.162. The molecular formula is C65H55N5. The Morgan fingerprint density at radius 1 is 0.614 bits per heavy atom. The van der Waals surface area contributed by atoms with Gasteiger partial charge in [0.05, 0.1) is 6.04 Å². The first-order chi connectivity index (χ1) is 34.7. The topological polar surface area (TPSA) is 43.2 Å². The second kappa shape index (κ2) is 17.0. The van der Waals surface area contributed by atoms with E-state index in [2.05, 4.69) is 228 Å². The second-order valence-electron chi connectivity index (χ2n) is 20.2. The molecule has 0 saturated carbocycles. The number of nitrogens with zero attached hydrogens (tertiary/aromatic N) is 4. The van der Waals surface area contributed by atoms with Gasteiger partial charge in [-0.05, 0) is 132 Å². The summed E-state index contributed by atoms with van der Waals surface area (Å²) in [6.45, 7) is 0. The average Bonchev–Trinajstić information content (AvgIpc) is 3.95. The first-order valence-corrected chi connectivity index (χ1v) is 25.6. The lowest BCUT2D eigenvalue weighted by Gasteiger charge is -2.40. The molecule has 0 saturated heterocycles. The number of hydrogen-bond acceptors (Lipinski definition) is 5. The summed E-state index contributed by atoms with van der Waals surface area (Å²) < 4.78 is 0. The minimum atomic E-state index is -0.327. The van der Waals surface area contributed by atoms with Gasteiger partial charge >= 0.3 is 0 Å². The normalized spacial score (nSPS) is 25.6. The van der Waals surface area contributed by atoms with Crippen LogP contribution >= 0.6 is 0 Å². The molecule has 7 atom stereocenters. The van der Waals surface area contributed by atoms with Crippen molar-refractivity contribution >= 4 is 29.1 Å². The molecule has 5 nitrogen and oxygen atoms in total. The minimum Gasteiger partial charge on any atom is -0.344 e. The maximum atomic E-state index is 5.47. The number of fused-ring (bicyclic) bond motifs is 8. The van der Waals surface area contributed by atoms with E-state index >= 15 is 0 Å². The molecule has 0 aromatic heterocycles. The minimum absolute atomic E-state index is 0.280. The van der Waals surface area contributed by atoms with Crippen molar-refractivity contribution in [1.82, 2.24) is 5.32 Å². The van der Waals surface area contributed by atoms with Crippen molar-refractivity contribution in [2.45, 2.75) is 62.6 Å². The van der Waals surface area contributed by atoms with E-state index in [1.54, 1.807) is 0 Å². The summed E-state index contributed by atoms with van der Waals surface area (Å²) in [6.07, 6.45) is 30.1. The SMILES string of the molecule is C1=CCC(c2ccccc2C2N=C(c3ccc(N4C5=Cc6ccccc6CC5C5=C4CCC(N4c6ccccc6C6C7C=CCCC7C=CC64)=C5)cc3)N=C(c3ccccc3-c3ccccc3)N2)C=C1. The fourth-order valence-electron chi connectivity index (χ4n) is 13.2. The number of hydrogen-bond donors (Lipinski definition) is 1. The van der Waals surface area contributed by atoms with Crippen molar-refractivity contribution < 1.29 is 0 Å². The fourth-order valence-corrected chi connectivity index (χ4v) is 13.2. The van der Waals surface area contributed by atoms with Crippen LogP contribution in [0.1, 0.15) is 89.0 Å². The van der Waals surface area contributed by atoms with Crippen molar-refractivity contribution in [1.29, 1.82) is 0 Å². The summed E-state index contributed by atoms with van der Waals surface area (Å²) in [7, 11) is 0. The highest BCUT2D eigenvalue weighted by atomic mass is 15.2.